The van der Waals surface area contributed by atoms with E-state index < -0.39 is 5.60 Å². The smallest absolute Gasteiger partial charge is 0.0728 e. The summed E-state index contributed by atoms with van der Waals surface area (Å²) < 4.78 is 0. The molecule has 3 atom stereocenters. The Kier molecular flexibility index (Phi) is 4.29. The summed E-state index contributed by atoms with van der Waals surface area (Å²) in [6.45, 7) is 5.27. The lowest BCUT2D eigenvalue weighted by Crippen LogP contribution is -2.58. The van der Waals surface area contributed by atoms with Gasteiger partial charge in [0.2, 0.25) is 0 Å². The van der Waals surface area contributed by atoms with Crippen molar-refractivity contribution in [2.75, 3.05) is 6.54 Å². The molecule has 1 saturated heterocycles. The van der Waals surface area contributed by atoms with E-state index in [4.69, 9.17) is 0 Å². The van der Waals surface area contributed by atoms with Crippen LogP contribution >= 0.6 is 0 Å². The molecule has 2 nitrogen and oxygen atoms in total. The van der Waals surface area contributed by atoms with Crippen LogP contribution in [0.5, 0.6) is 0 Å². The number of aliphatic hydroxyl groups is 1. The van der Waals surface area contributed by atoms with Gasteiger partial charge in [-0.05, 0) is 39.2 Å². The van der Waals surface area contributed by atoms with Gasteiger partial charge in [0, 0.05) is 11.5 Å². The lowest BCUT2D eigenvalue weighted by atomic mass is 9.61. The standard InChI is InChI=1S/C16H27NO/c1-3-10-15(2,18)16(11-6-4-7-12-16)14-9-5-8-13-17-14/h4,6-7,11,14,17-18H,3,5,8-10,12-13H2,1-2H3. The maximum absolute atomic E-state index is 11.0. The van der Waals surface area contributed by atoms with Crippen molar-refractivity contribution in [1.82, 2.24) is 5.32 Å². The van der Waals surface area contributed by atoms with Gasteiger partial charge in [-0.25, -0.2) is 0 Å². The van der Waals surface area contributed by atoms with Crippen molar-refractivity contribution in [2.24, 2.45) is 5.41 Å². The molecular formula is C16H27NO. The van der Waals surface area contributed by atoms with Crippen LogP contribution < -0.4 is 5.32 Å². The third kappa shape index (κ3) is 2.41. The fraction of sp³-hybridized carbons (Fsp3) is 0.750. The van der Waals surface area contributed by atoms with Gasteiger partial charge in [-0.1, -0.05) is 44.1 Å². The van der Waals surface area contributed by atoms with E-state index in [1.807, 2.05) is 6.92 Å². The van der Waals surface area contributed by atoms with E-state index in [1.165, 1.54) is 19.3 Å². The lowest BCUT2D eigenvalue weighted by Gasteiger charge is -2.50. The Morgan fingerprint density at radius 2 is 2.22 bits per heavy atom. The van der Waals surface area contributed by atoms with Gasteiger partial charge < -0.3 is 10.4 Å². The van der Waals surface area contributed by atoms with Crippen molar-refractivity contribution in [3.63, 3.8) is 0 Å². The molecule has 1 aliphatic heterocycles. The Bertz CT molecular complexity index is 326. The van der Waals surface area contributed by atoms with Crippen molar-refractivity contribution in [3.8, 4) is 0 Å². The van der Waals surface area contributed by atoms with E-state index in [0.717, 1.165) is 25.8 Å². The highest BCUT2D eigenvalue weighted by Gasteiger charge is 2.49. The SMILES string of the molecule is CCCC(C)(O)C1(C2CCCCN2)C=CC=CC1. The summed E-state index contributed by atoms with van der Waals surface area (Å²) in [5.41, 5.74) is -0.754. The Hall–Kier alpha value is -0.600. The van der Waals surface area contributed by atoms with E-state index in [0.29, 0.717) is 6.04 Å². The van der Waals surface area contributed by atoms with E-state index in [2.05, 4.69) is 36.5 Å². The van der Waals surface area contributed by atoms with Crippen LogP contribution in [0.15, 0.2) is 24.3 Å². The first-order valence-electron chi connectivity index (χ1n) is 7.42. The van der Waals surface area contributed by atoms with Gasteiger partial charge in [0.25, 0.3) is 0 Å². The molecule has 0 amide bonds. The van der Waals surface area contributed by atoms with Crippen molar-refractivity contribution in [2.45, 2.75) is 64.0 Å². The minimum absolute atomic E-state index is 0.127. The summed E-state index contributed by atoms with van der Waals surface area (Å²) in [6, 6.07) is 0.411. The Labute approximate surface area is 111 Å². The number of rotatable bonds is 4. The van der Waals surface area contributed by atoms with Gasteiger partial charge in [-0.3, -0.25) is 0 Å². The van der Waals surface area contributed by atoms with Crippen molar-refractivity contribution in [1.29, 1.82) is 0 Å². The third-order valence-corrected chi connectivity index (χ3v) is 4.77. The molecule has 3 unspecified atom stereocenters. The van der Waals surface area contributed by atoms with Gasteiger partial charge in [0.1, 0.15) is 0 Å². The van der Waals surface area contributed by atoms with Gasteiger partial charge in [0.05, 0.1) is 5.60 Å². The molecule has 0 saturated carbocycles. The molecule has 0 aromatic heterocycles. The van der Waals surface area contributed by atoms with E-state index in [1.54, 1.807) is 0 Å². The average Bonchev–Trinajstić information content (AvgIpc) is 2.40. The monoisotopic (exact) mass is 249 g/mol. The zero-order chi connectivity index (χ0) is 13.1. The molecule has 2 aliphatic rings. The third-order valence-electron chi connectivity index (χ3n) is 4.77. The molecule has 2 heteroatoms. The first-order valence-corrected chi connectivity index (χ1v) is 7.42. The molecule has 0 spiro atoms. The minimum atomic E-state index is -0.627. The summed E-state index contributed by atoms with van der Waals surface area (Å²) in [4.78, 5) is 0. The second kappa shape index (κ2) is 5.58. The van der Waals surface area contributed by atoms with Crippen LogP contribution in [0.3, 0.4) is 0 Å². The molecule has 0 radical (unpaired) electrons. The Morgan fingerprint density at radius 3 is 2.78 bits per heavy atom. The summed E-state index contributed by atoms with van der Waals surface area (Å²) in [6.07, 6.45) is 15.2. The lowest BCUT2D eigenvalue weighted by molar-refractivity contribution is -0.0728. The average molecular weight is 249 g/mol. The van der Waals surface area contributed by atoms with Crippen molar-refractivity contribution < 1.29 is 5.11 Å². The first kappa shape index (κ1) is 13.8. The summed E-state index contributed by atoms with van der Waals surface area (Å²) in [5.74, 6) is 0. The molecule has 2 rings (SSSR count). The minimum Gasteiger partial charge on any atom is -0.389 e. The van der Waals surface area contributed by atoms with Gasteiger partial charge in [-0.2, -0.15) is 0 Å². The molecule has 102 valence electrons. The van der Waals surface area contributed by atoms with Crippen LogP contribution in [0.2, 0.25) is 0 Å². The van der Waals surface area contributed by atoms with Gasteiger partial charge in [0.15, 0.2) is 0 Å². The van der Waals surface area contributed by atoms with Gasteiger partial charge in [-0.15, -0.1) is 0 Å². The Balaban J connectivity index is 2.27. The van der Waals surface area contributed by atoms with Crippen LogP contribution in [0, 0.1) is 5.41 Å². The predicted molar refractivity (Wildman–Crippen MR) is 76.5 cm³/mol. The molecular weight excluding hydrogens is 222 g/mol. The molecule has 0 aromatic carbocycles. The summed E-state index contributed by atoms with van der Waals surface area (Å²) in [7, 11) is 0. The molecule has 0 bridgehead atoms. The number of hydrogen-bond donors (Lipinski definition) is 2. The molecule has 0 aromatic rings. The highest BCUT2D eigenvalue weighted by Crippen LogP contribution is 2.46. The number of piperidine rings is 1. The fourth-order valence-corrected chi connectivity index (χ4v) is 3.68. The normalized spacial score (nSPS) is 35.4. The van der Waals surface area contributed by atoms with Gasteiger partial charge >= 0.3 is 0 Å². The molecule has 1 aliphatic carbocycles. The molecule has 2 N–H and O–H groups in total. The van der Waals surface area contributed by atoms with Crippen LogP contribution in [-0.2, 0) is 0 Å². The molecule has 1 heterocycles. The van der Waals surface area contributed by atoms with Crippen molar-refractivity contribution in [3.05, 3.63) is 24.3 Å². The molecule has 1 fully saturated rings. The van der Waals surface area contributed by atoms with Crippen LogP contribution in [0.4, 0.5) is 0 Å². The second-order valence-corrected chi connectivity index (χ2v) is 6.06. The topological polar surface area (TPSA) is 32.3 Å². The zero-order valence-corrected chi connectivity index (χ0v) is 11.8. The largest absolute Gasteiger partial charge is 0.389 e. The maximum atomic E-state index is 11.0. The van der Waals surface area contributed by atoms with E-state index in [-0.39, 0.29) is 5.41 Å². The summed E-state index contributed by atoms with van der Waals surface area (Å²) in [5, 5.41) is 14.7. The zero-order valence-electron chi connectivity index (χ0n) is 11.8. The highest BCUT2D eigenvalue weighted by atomic mass is 16.3. The molecule has 18 heavy (non-hydrogen) atoms. The number of allylic oxidation sites excluding steroid dienone is 3. The first-order chi connectivity index (χ1) is 8.62. The van der Waals surface area contributed by atoms with Crippen LogP contribution in [0.25, 0.3) is 0 Å². The van der Waals surface area contributed by atoms with Crippen LogP contribution in [0.1, 0.15) is 52.4 Å². The summed E-state index contributed by atoms with van der Waals surface area (Å²) >= 11 is 0. The number of nitrogens with one attached hydrogen (secondary N) is 1. The van der Waals surface area contributed by atoms with Crippen molar-refractivity contribution >= 4 is 0 Å². The van der Waals surface area contributed by atoms with E-state index >= 15 is 0 Å². The second-order valence-electron chi connectivity index (χ2n) is 6.06. The fourth-order valence-electron chi connectivity index (χ4n) is 3.68. The maximum Gasteiger partial charge on any atom is 0.0728 e. The number of hydrogen-bond acceptors (Lipinski definition) is 2. The van der Waals surface area contributed by atoms with E-state index in [9.17, 15) is 5.11 Å². The van der Waals surface area contributed by atoms with Crippen LogP contribution in [-0.4, -0.2) is 23.3 Å². The predicted octanol–water partition coefficient (Wildman–Crippen LogP) is 3.18. The quantitative estimate of drug-likeness (QED) is 0.802. The highest BCUT2D eigenvalue weighted by molar-refractivity contribution is 5.24. The Morgan fingerprint density at radius 1 is 1.39 bits per heavy atom.